The van der Waals surface area contributed by atoms with E-state index in [1.165, 1.54) is 12.1 Å². The van der Waals surface area contributed by atoms with Gasteiger partial charge in [0.15, 0.2) is 0 Å². The highest BCUT2D eigenvalue weighted by molar-refractivity contribution is 9.10. The minimum absolute atomic E-state index is 0.243. The highest BCUT2D eigenvalue weighted by Gasteiger charge is 2.33. The minimum atomic E-state index is -3.48. The SMILES string of the molecule is CC1(NS(=O)(=O)c2ccc(Cl)c(Br)c2)CCCC1. The molecule has 0 heterocycles. The Morgan fingerprint density at radius 2 is 1.94 bits per heavy atom. The summed E-state index contributed by atoms with van der Waals surface area (Å²) in [4.78, 5) is 0.243. The fourth-order valence-electron chi connectivity index (χ4n) is 2.28. The molecule has 0 aromatic heterocycles. The van der Waals surface area contributed by atoms with Crippen LogP contribution < -0.4 is 4.72 Å². The quantitative estimate of drug-likeness (QED) is 0.901. The van der Waals surface area contributed by atoms with Crippen LogP contribution in [0.15, 0.2) is 27.6 Å². The van der Waals surface area contributed by atoms with Gasteiger partial charge in [-0.1, -0.05) is 24.4 Å². The number of hydrogen-bond donors (Lipinski definition) is 1. The van der Waals surface area contributed by atoms with Crippen molar-refractivity contribution in [2.75, 3.05) is 0 Å². The van der Waals surface area contributed by atoms with E-state index in [0.29, 0.717) is 9.50 Å². The van der Waals surface area contributed by atoms with Gasteiger partial charge in [0.1, 0.15) is 0 Å². The summed E-state index contributed by atoms with van der Waals surface area (Å²) < 4.78 is 28.0. The van der Waals surface area contributed by atoms with E-state index in [1.807, 2.05) is 6.92 Å². The van der Waals surface area contributed by atoms with Crippen molar-refractivity contribution in [2.45, 2.75) is 43.0 Å². The van der Waals surface area contributed by atoms with Gasteiger partial charge in [0.2, 0.25) is 10.0 Å². The van der Waals surface area contributed by atoms with Gasteiger partial charge in [-0.2, -0.15) is 0 Å². The molecule has 100 valence electrons. The molecule has 1 saturated carbocycles. The van der Waals surface area contributed by atoms with E-state index < -0.39 is 10.0 Å². The monoisotopic (exact) mass is 351 g/mol. The second kappa shape index (κ2) is 5.12. The van der Waals surface area contributed by atoms with Crippen molar-refractivity contribution in [2.24, 2.45) is 0 Å². The zero-order valence-electron chi connectivity index (χ0n) is 10.0. The summed E-state index contributed by atoms with van der Waals surface area (Å²) in [5, 5.41) is 0.501. The average molecular weight is 353 g/mol. The van der Waals surface area contributed by atoms with Gasteiger partial charge in [-0.25, -0.2) is 13.1 Å². The number of benzene rings is 1. The first kappa shape index (κ1) is 14.3. The Hall–Kier alpha value is -0.100. The Bertz CT molecular complexity index is 553. The van der Waals surface area contributed by atoms with Crippen molar-refractivity contribution in [1.29, 1.82) is 0 Å². The normalized spacial score (nSPS) is 19.1. The van der Waals surface area contributed by atoms with Crippen molar-refractivity contribution in [3.63, 3.8) is 0 Å². The van der Waals surface area contributed by atoms with Crippen molar-refractivity contribution in [1.82, 2.24) is 4.72 Å². The molecule has 1 N–H and O–H groups in total. The molecule has 0 spiro atoms. The van der Waals surface area contributed by atoms with E-state index in [0.717, 1.165) is 25.7 Å². The van der Waals surface area contributed by atoms with Crippen molar-refractivity contribution in [3.8, 4) is 0 Å². The molecule has 1 aliphatic carbocycles. The van der Waals surface area contributed by atoms with Gasteiger partial charge >= 0.3 is 0 Å². The predicted octanol–water partition coefficient (Wildman–Crippen LogP) is 3.71. The minimum Gasteiger partial charge on any atom is -0.207 e. The molecule has 3 nitrogen and oxygen atoms in total. The Morgan fingerprint density at radius 1 is 1.33 bits per heavy atom. The van der Waals surface area contributed by atoms with Crippen LogP contribution in [0.4, 0.5) is 0 Å². The first-order valence-electron chi connectivity index (χ1n) is 5.81. The molecule has 1 aliphatic rings. The van der Waals surface area contributed by atoms with Gasteiger partial charge in [0, 0.05) is 10.0 Å². The third-order valence-corrected chi connectivity index (χ3v) is 6.14. The van der Waals surface area contributed by atoms with E-state index in [2.05, 4.69) is 20.7 Å². The average Bonchev–Trinajstić information content (AvgIpc) is 2.67. The number of nitrogens with one attached hydrogen (secondary N) is 1. The van der Waals surface area contributed by atoms with Crippen molar-refractivity contribution >= 4 is 37.6 Å². The second-order valence-electron chi connectivity index (χ2n) is 4.95. The van der Waals surface area contributed by atoms with E-state index in [1.54, 1.807) is 6.07 Å². The smallest absolute Gasteiger partial charge is 0.207 e. The number of hydrogen-bond acceptors (Lipinski definition) is 2. The largest absolute Gasteiger partial charge is 0.241 e. The van der Waals surface area contributed by atoms with Gasteiger partial charge in [-0.15, -0.1) is 0 Å². The van der Waals surface area contributed by atoms with E-state index >= 15 is 0 Å². The van der Waals surface area contributed by atoms with Crippen LogP contribution >= 0.6 is 27.5 Å². The Kier molecular flexibility index (Phi) is 4.07. The van der Waals surface area contributed by atoms with Crippen LogP contribution in [-0.2, 0) is 10.0 Å². The van der Waals surface area contributed by atoms with Crippen LogP contribution in [-0.4, -0.2) is 14.0 Å². The predicted molar refractivity (Wildman–Crippen MR) is 76.3 cm³/mol. The van der Waals surface area contributed by atoms with Gasteiger partial charge in [0.05, 0.1) is 9.92 Å². The van der Waals surface area contributed by atoms with Crippen molar-refractivity contribution < 1.29 is 8.42 Å². The summed E-state index contributed by atoms with van der Waals surface area (Å²) in [6, 6.07) is 4.63. The molecule has 1 aromatic rings. The molecule has 0 aliphatic heterocycles. The maximum absolute atomic E-state index is 12.3. The lowest BCUT2D eigenvalue weighted by Crippen LogP contribution is -2.43. The molecule has 1 fully saturated rings. The van der Waals surface area contributed by atoms with Crippen molar-refractivity contribution in [3.05, 3.63) is 27.7 Å². The summed E-state index contributed by atoms with van der Waals surface area (Å²) in [6.45, 7) is 1.96. The summed E-state index contributed by atoms with van der Waals surface area (Å²) in [6.07, 6.45) is 3.93. The lowest BCUT2D eigenvalue weighted by atomic mass is 10.0. The first-order valence-corrected chi connectivity index (χ1v) is 8.47. The summed E-state index contributed by atoms with van der Waals surface area (Å²) >= 11 is 9.11. The molecule has 0 saturated heterocycles. The molecule has 0 radical (unpaired) electrons. The van der Waals surface area contributed by atoms with Gasteiger partial charge in [-0.3, -0.25) is 0 Å². The third kappa shape index (κ3) is 3.07. The number of halogens is 2. The first-order chi connectivity index (χ1) is 8.32. The van der Waals surface area contributed by atoms with Gasteiger partial charge < -0.3 is 0 Å². The maximum Gasteiger partial charge on any atom is 0.241 e. The van der Waals surface area contributed by atoms with E-state index in [4.69, 9.17) is 11.6 Å². The summed E-state index contributed by atoms with van der Waals surface area (Å²) in [5.74, 6) is 0. The Labute approximate surface area is 121 Å². The zero-order chi connectivity index (χ0) is 13.4. The number of sulfonamides is 1. The van der Waals surface area contributed by atoms with Crippen LogP contribution in [0.25, 0.3) is 0 Å². The van der Waals surface area contributed by atoms with Crippen LogP contribution in [0.3, 0.4) is 0 Å². The standard InChI is InChI=1S/C12H15BrClNO2S/c1-12(6-2-3-7-12)15-18(16,17)9-4-5-11(14)10(13)8-9/h4-5,8,15H,2-3,6-7H2,1H3. The van der Waals surface area contributed by atoms with Crippen LogP contribution in [0.2, 0.25) is 5.02 Å². The van der Waals surface area contributed by atoms with Crippen LogP contribution in [0.1, 0.15) is 32.6 Å². The van der Waals surface area contributed by atoms with Crippen LogP contribution in [0.5, 0.6) is 0 Å². The summed E-state index contributed by atoms with van der Waals surface area (Å²) in [7, 11) is -3.48. The Balaban J connectivity index is 2.27. The maximum atomic E-state index is 12.3. The molecule has 6 heteroatoms. The molecule has 0 bridgehead atoms. The van der Waals surface area contributed by atoms with E-state index in [9.17, 15) is 8.42 Å². The summed E-state index contributed by atoms with van der Waals surface area (Å²) in [5.41, 5.74) is -0.315. The molecule has 0 unspecified atom stereocenters. The molecule has 1 aromatic carbocycles. The van der Waals surface area contributed by atoms with Gasteiger partial charge in [0.25, 0.3) is 0 Å². The fourth-order valence-corrected chi connectivity index (χ4v) is 4.42. The molecule has 2 rings (SSSR count). The highest BCUT2D eigenvalue weighted by Crippen LogP contribution is 2.31. The third-order valence-electron chi connectivity index (χ3n) is 3.29. The van der Waals surface area contributed by atoms with Gasteiger partial charge in [-0.05, 0) is 53.9 Å². The highest BCUT2D eigenvalue weighted by atomic mass is 79.9. The topological polar surface area (TPSA) is 46.2 Å². The molecular formula is C12H15BrClNO2S. The lowest BCUT2D eigenvalue weighted by Gasteiger charge is -2.25. The second-order valence-corrected chi connectivity index (χ2v) is 7.89. The fraction of sp³-hybridized carbons (Fsp3) is 0.500. The van der Waals surface area contributed by atoms with Crippen LogP contribution in [0, 0.1) is 0 Å². The van der Waals surface area contributed by atoms with E-state index in [-0.39, 0.29) is 10.4 Å². The molecule has 18 heavy (non-hydrogen) atoms. The molecule has 0 atom stereocenters. The Morgan fingerprint density at radius 3 is 2.50 bits per heavy atom. The number of rotatable bonds is 3. The molecular weight excluding hydrogens is 338 g/mol. The molecule has 0 amide bonds. The zero-order valence-corrected chi connectivity index (χ0v) is 13.2. The lowest BCUT2D eigenvalue weighted by molar-refractivity contribution is 0.427.